The van der Waals surface area contributed by atoms with E-state index in [-0.39, 0.29) is 5.91 Å². The van der Waals surface area contributed by atoms with Gasteiger partial charge in [-0.3, -0.25) is 9.59 Å². The first kappa shape index (κ1) is 17.7. The van der Waals surface area contributed by atoms with Gasteiger partial charge in [0.2, 0.25) is 0 Å². The molecule has 0 aliphatic heterocycles. The quantitative estimate of drug-likeness (QED) is 0.860. The minimum Gasteiger partial charge on any atom is -0.365 e. The highest BCUT2D eigenvalue weighted by Gasteiger charge is 2.28. The Hall–Kier alpha value is -2.14. The lowest BCUT2D eigenvalue weighted by atomic mass is 9.85. The zero-order chi connectivity index (χ0) is 18.1. The minimum atomic E-state index is -0.456. The molecule has 1 heterocycles. The first-order chi connectivity index (χ1) is 11.9. The van der Waals surface area contributed by atoms with Crippen LogP contribution in [0.5, 0.6) is 0 Å². The third-order valence-corrected chi connectivity index (χ3v) is 6.36. The topological polar surface area (TPSA) is 72.2 Å². The summed E-state index contributed by atoms with van der Waals surface area (Å²) in [6.45, 7) is 6.19. The summed E-state index contributed by atoms with van der Waals surface area (Å²) in [5.41, 5.74) is 9.98. The van der Waals surface area contributed by atoms with Crippen LogP contribution in [-0.2, 0) is 12.8 Å². The highest BCUT2D eigenvalue weighted by Crippen LogP contribution is 2.40. The van der Waals surface area contributed by atoms with E-state index in [1.165, 1.54) is 16.2 Å². The van der Waals surface area contributed by atoms with Crippen molar-refractivity contribution in [2.75, 3.05) is 5.32 Å². The summed E-state index contributed by atoms with van der Waals surface area (Å²) in [5.74, 6) is -0.00532. The lowest BCUT2D eigenvalue weighted by Crippen LogP contribution is -2.19. The van der Waals surface area contributed by atoms with E-state index in [2.05, 4.69) is 12.2 Å². The second kappa shape index (κ2) is 7.00. The van der Waals surface area contributed by atoms with Crippen LogP contribution in [0.2, 0.25) is 0 Å². The average molecular weight is 356 g/mol. The van der Waals surface area contributed by atoms with E-state index in [9.17, 15) is 9.59 Å². The molecule has 3 rings (SSSR count). The molecule has 2 amide bonds. The van der Waals surface area contributed by atoms with Crippen LogP contribution in [0.15, 0.2) is 18.2 Å². The van der Waals surface area contributed by atoms with Crippen molar-refractivity contribution in [3.8, 4) is 0 Å². The molecular formula is C20H24N2O2S. The van der Waals surface area contributed by atoms with Gasteiger partial charge in [-0.05, 0) is 67.9 Å². The van der Waals surface area contributed by atoms with Crippen LogP contribution in [0.1, 0.15) is 62.0 Å². The average Bonchev–Trinajstić information content (AvgIpc) is 2.94. The molecule has 3 N–H and O–H groups in total. The summed E-state index contributed by atoms with van der Waals surface area (Å²) in [5, 5.41) is 3.52. The van der Waals surface area contributed by atoms with Crippen LogP contribution in [0, 0.1) is 19.8 Å². The van der Waals surface area contributed by atoms with Gasteiger partial charge in [-0.2, -0.15) is 0 Å². The van der Waals surface area contributed by atoms with E-state index in [0.717, 1.165) is 42.4 Å². The number of hydrogen-bond donors (Lipinski definition) is 2. The summed E-state index contributed by atoms with van der Waals surface area (Å²) < 4.78 is 0. The molecule has 1 aromatic carbocycles. The van der Waals surface area contributed by atoms with Crippen molar-refractivity contribution in [2.45, 2.75) is 46.5 Å². The number of rotatable bonds is 4. The number of fused-ring (bicyclic) bond motifs is 1. The number of benzene rings is 1. The molecule has 4 nitrogen and oxygen atoms in total. The van der Waals surface area contributed by atoms with Gasteiger partial charge >= 0.3 is 0 Å². The SMILES string of the molecule is CCC1CCc2c(sc(NC(=O)c3ccc(C)c(C)c3)c2C(N)=O)C1. The van der Waals surface area contributed by atoms with E-state index in [0.29, 0.717) is 22.0 Å². The third-order valence-electron chi connectivity index (χ3n) is 5.19. The molecule has 2 aromatic rings. The van der Waals surface area contributed by atoms with E-state index >= 15 is 0 Å². The van der Waals surface area contributed by atoms with Gasteiger partial charge < -0.3 is 11.1 Å². The largest absolute Gasteiger partial charge is 0.365 e. The number of primary amides is 1. The maximum Gasteiger partial charge on any atom is 0.256 e. The molecular weight excluding hydrogens is 332 g/mol. The lowest BCUT2D eigenvalue weighted by Gasteiger charge is -2.20. The van der Waals surface area contributed by atoms with Crippen LogP contribution in [-0.4, -0.2) is 11.8 Å². The Balaban J connectivity index is 1.91. The van der Waals surface area contributed by atoms with Gasteiger partial charge in [-0.15, -0.1) is 11.3 Å². The molecule has 0 saturated heterocycles. The van der Waals surface area contributed by atoms with Crippen molar-refractivity contribution in [3.05, 3.63) is 50.9 Å². The Morgan fingerprint density at radius 1 is 1.28 bits per heavy atom. The molecule has 0 bridgehead atoms. The molecule has 1 aromatic heterocycles. The third kappa shape index (κ3) is 3.47. The lowest BCUT2D eigenvalue weighted by molar-refractivity contribution is 0.1000. The molecule has 5 heteroatoms. The molecule has 1 atom stereocenters. The zero-order valence-corrected chi connectivity index (χ0v) is 15.8. The highest BCUT2D eigenvalue weighted by molar-refractivity contribution is 7.17. The summed E-state index contributed by atoms with van der Waals surface area (Å²) in [6.07, 6.45) is 4.04. The Kier molecular flexibility index (Phi) is 4.95. The van der Waals surface area contributed by atoms with Crippen molar-refractivity contribution < 1.29 is 9.59 Å². The normalized spacial score (nSPS) is 16.4. The highest BCUT2D eigenvalue weighted by atomic mass is 32.1. The number of carbonyl (C=O) groups is 2. The molecule has 0 fully saturated rings. The maximum atomic E-state index is 12.6. The number of anilines is 1. The van der Waals surface area contributed by atoms with Crippen molar-refractivity contribution in [3.63, 3.8) is 0 Å². The first-order valence-electron chi connectivity index (χ1n) is 8.73. The number of amides is 2. The van der Waals surface area contributed by atoms with Gasteiger partial charge in [0.25, 0.3) is 11.8 Å². The van der Waals surface area contributed by atoms with E-state index in [1.807, 2.05) is 32.0 Å². The Labute approximate surface area is 152 Å². The fourth-order valence-corrected chi connectivity index (χ4v) is 4.77. The monoisotopic (exact) mass is 356 g/mol. The second-order valence-corrected chi connectivity index (χ2v) is 7.95. The van der Waals surface area contributed by atoms with Crippen LogP contribution < -0.4 is 11.1 Å². The van der Waals surface area contributed by atoms with Gasteiger partial charge in [-0.1, -0.05) is 19.4 Å². The fourth-order valence-electron chi connectivity index (χ4n) is 3.41. The summed E-state index contributed by atoms with van der Waals surface area (Å²) >= 11 is 1.51. The summed E-state index contributed by atoms with van der Waals surface area (Å²) in [7, 11) is 0. The summed E-state index contributed by atoms with van der Waals surface area (Å²) in [6, 6.07) is 5.61. The predicted molar refractivity (Wildman–Crippen MR) is 103 cm³/mol. The van der Waals surface area contributed by atoms with Gasteiger partial charge in [0, 0.05) is 10.4 Å². The minimum absolute atomic E-state index is 0.198. The van der Waals surface area contributed by atoms with Crippen molar-refractivity contribution in [1.29, 1.82) is 0 Å². The number of aryl methyl sites for hydroxylation is 2. The van der Waals surface area contributed by atoms with Gasteiger partial charge in [0.1, 0.15) is 5.00 Å². The number of nitrogens with two attached hydrogens (primary N) is 1. The predicted octanol–water partition coefficient (Wildman–Crippen LogP) is 4.23. The van der Waals surface area contributed by atoms with Crippen molar-refractivity contribution >= 4 is 28.2 Å². The fraction of sp³-hybridized carbons (Fsp3) is 0.400. The molecule has 0 saturated carbocycles. The van der Waals surface area contributed by atoms with Crippen LogP contribution >= 0.6 is 11.3 Å². The zero-order valence-electron chi connectivity index (χ0n) is 14.9. The van der Waals surface area contributed by atoms with Crippen LogP contribution in [0.3, 0.4) is 0 Å². The van der Waals surface area contributed by atoms with E-state index < -0.39 is 5.91 Å². The standard InChI is InChI=1S/C20H24N2O2S/c1-4-13-6-8-15-16(10-13)25-20(17(15)18(21)23)22-19(24)14-7-5-11(2)12(3)9-14/h5,7,9,13H,4,6,8,10H2,1-3H3,(H2,21,23)(H,22,24). The maximum absolute atomic E-state index is 12.6. The molecule has 0 spiro atoms. The van der Waals surface area contributed by atoms with Gasteiger partial charge in [-0.25, -0.2) is 0 Å². The molecule has 1 aliphatic rings. The number of hydrogen-bond acceptors (Lipinski definition) is 3. The number of thiophene rings is 1. The molecule has 132 valence electrons. The summed E-state index contributed by atoms with van der Waals surface area (Å²) in [4.78, 5) is 25.8. The van der Waals surface area contributed by atoms with E-state index in [1.54, 1.807) is 0 Å². The Morgan fingerprint density at radius 3 is 2.68 bits per heavy atom. The molecule has 1 unspecified atom stereocenters. The number of nitrogens with one attached hydrogen (secondary N) is 1. The van der Waals surface area contributed by atoms with Gasteiger partial charge in [0.05, 0.1) is 5.56 Å². The van der Waals surface area contributed by atoms with Crippen LogP contribution in [0.4, 0.5) is 5.00 Å². The van der Waals surface area contributed by atoms with E-state index in [4.69, 9.17) is 5.73 Å². The molecule has 0 radical (unpaired) electrons. The van der Waals surface area contributed by atoms with Gasteiger partial charge in [0.15, 0.2) is 0 Å². The molecule has 1 aliphatic carbocycles. The van der Waals surface area contributed by atoms with Crippen molar-refractivity contribution in [1.82, 2.24) is 0 Å². The number of carbonyl (C=O) groups excluding carboxylic acids is 2. The second-order valence-electron chi connectivity index (χ2n) is 6.84. The first-order valence-corrected chi connectivity index (χ1v) is 9.55. The molecule has 25 heavy (non-hydrogen) atoms. The van der Waals surface area contributed by atoms with Crippen LogP contribution in [0.25, 0.3) is 0 Å². The Morgan fingerprint density at radius 2 is 2.04 bits per heavy atom. The smallest absolute Gasteiger partial charge is 0.256 e. The Bertz CT molecular complexity index is 838. The van der Waals surface area contributed by atoms with Crippen molar-refractivity contribution in [2.24, 2.45) is 11.7 Å².